The number of fused-ring (bicyclic) bond motifs is 1. The fourth-order valence-corrected chi connectivity index (χ4v) is 2.14. The molecule has 0 saturated heterocycles. The maximum absolute atomic E-state index is 12.1. The number of benzene rings is 2. The van der Waals surface area contributed by atoms with Crippen LogP contribution in [0.4, 0.5) is 10.5 Å². The van der Waals surface area contributed by atoms with E-state index >= 15 is 0 Å². The second kappa shape index (κ2) is 8.52. The summed E-state index contributed by atoms with van der Waals surface area (Å²) in [6, 6.07) is 9.54. The number of carboxylic acids is 1. The molecule has 126 valence electrons. The number of rotatable bonds is 3. The van der Waals surface area contributed by atoms with Gasteiger partial charge in [-0.2, -0.15) is 0 Å². The number of hydrogen-bond donors (Lipinski definition) is 3. The van der Waals surface area contributed by atoms with Crippen molar-refractivity contribution in [3.8, 4) is 0 Å². The molecule has 1 aromatic heterocycles. The maximum atomic E-state index is 12.1. The SMILES string of the molecule is O=C(NC(=O)c1ccc2nccnc2c1)Nc1ccc(C(=O)O)cc1.[NaH]. The number of hydrogen-bond acceptors (Lipinski definition) is 5. The number of imide groups is 1. The van der Waals surface area contributed by atoms with E-state index in [1.54, 1.807) is 18.3 Å². The Morgan fingerprint density at radius 2 is 1.46 bits per heavy atom. The molecule has 0 fully saturated rings. The zero-order valence-electron chi connectivity index (χ0n) is 12.8. The van der Waals surface area contributed by atoms with E-state index in [1.807, 2.05) is 0 Å². The normalized spacial score (nSPS) is 9.85. The van der Waals surface area contributed by atoms with Crippen LogP contribution >= 0.6 is 0 Å². The van der Waals surface area contributed by atoms with Gasteiger partial charge in [0, 0.05) is 23.6 Å². The summed E-state index contributed by atoms with van der Waals surface area (Å²) in [5.74, 6) is -1.65. The fourth-order valence-electron chi connectivity index (χ4n) is 2.14. The summed E-state index contributed by atoms with van der Waals surface area (Å²) < 4.78 is 0. The van der Waals surface area contributed by atoms with E-state index < -0.39 is 17.9 Å². The topological polar surface area (TPSA) is 121 Å². The molecule has 8 nitrogen and oxygen atoms in total. The molecule has 0 atom stereocenters. The first-order chi connectivity index (χ1) is 12.0. The fraction of sp³-hybridized carbons (Fsp3) is 0. The van der Waals surface area contributed by atoms with E-state index in [1.165, 1.54) is 36.5 Å². The standard InChI is InChI=1S/C17H12N4O4.Na.H/c22-15(11-3-6-13-14(9-11)19-8-7-18-13)21-17(25)20-12-4-1-10(2-5-12)16(23)24;;/h1-9H,(H,23,24)(H2,20,21,22,25);;. The zero-order valence-corrected chi connectivity index (χ0v) is 12.8. The summed E-state index contributed by atoms with van der Waals surface area (Å²) in [6.45, 7) is 0. The van der Waals surface area contributed by atoms with Gasteiger partial charge in [-0.3, -0.25) is 20.1 Å². The van der Waals surface area contributed by atoms with Crippen molar-refractivity contribution in [2.24, 2.45) is 0 Å². The Balaban J connectivity index is 0.00000243. The molecule has 0 aliphatic rings. The van der Waals surface area contributed by atoms with E-state index in [4.69, 9.17) is 5.11 Å². The number of anilines is 1. The summed E-state index contributed by atoms with van der Waals surface area (Å²) in [5, 5.41) is 13.5. The van der Waals surface area contributed by atoms with Gasteiger partial charge in [0.25, 0.3) is 5.91 Å². The van der Waals surface area contributed by atoms with Gasteiger partial charge in [-0.25, -0.2) is 9.59 Å². The molecule has 2 aromatic carbocycles. The molecule has 26 heavy (non-hydrogen) atoms. The molecule has 0 radical (unpaired) electrons. The Morgan fingerprint density at radius 1 is 0.846 bits per heavy atom. The van der Waals surface area contributed by atoms with Gasteiger partial charge in [-0.05, 0) is 42.5 Å². The van der Waals surface area contributed by atoms with Crippen molar-refractivity contribution in [2.45, 2.75) is 0 Å². The van der Waals surface area contributed by atoms with Crippen LogP contribution in [0.15, 0.2) is 54.9 Å². The molecule has 3 N–H and O–H groups in total. The van der Waals surface area contributed by atoms with Crippen molar-refractivity contribution in [2.75, 3.05) is 5.32 Å². The third-order valence-electron chi connectivity index (χ3n) is 3.35. The monoisotopic (exact) mass is 360 g/mol. The molecule has 0 aliphatic heterocycles. The first kappa shape index (κ1) is 19.5. The summed E-state index contributed by atoms with van der Waals surface area (Å²) in [5.41, 5.74) is 1.91. The number of carbonyl (C=O) groups excluding carboxylic acids is 2. The van der Waals surface area contributed by atoms with E-state index in [9.17, 15) is 14.4 Å². The minimum absolute atomic E-state index is 0. The molecule has 0 aliphatic carbocycles. The van der Waals surface area contributed by atoms with Crippen molar-refractivity contribution in [3.05, 3.63) is 66.0 Å². The average Bonchev–Trinajstić information content (AvgIpc) is 2.61. The molecule has 3 rings (SSSR count). The average molecular weight is 360 g/mol. The number of aromatic carboxylic acids is 1. The van der Waals surface area contributed by atoms with Gasteiger partial charge in [0.2, 0.25) is 0 Å². The van der Waals surface area contributed by atoms with Gasteiger partial charge in [0.1, 0.15) is 0 Å². The van der Waals surface area contributed by atoms with E-state index in [2.05, 4.69) is 20.6 Å². The number of urea groups is 1. The van der Waals surface area contributed by atoms with E-state index in [0.717, 1.165) is 0 Å². The van der Waals surface area contributed by atoms with Crippen LogP contribution in [0.2, 0.25) is 0 Å². The Labute approximate surface area is 169 Å². The molecule has 9 heteroatoms. The Kier molecular flexibility index (Phi) is 6.40. The number of carboxylic acid groups (broad SMARTS) is 1. The molecule has 0 bridgehead atoms. The second-order valence-corrected chi connectivity index (χ2v) is 5.05. The Hall–Kier alpha value is -2.81. The summed E-state index contributed by atoms with van der Waals surface area (Å²) in [6.07, 6.45) is 3.06. The Morgan fingerprint density at radius 3 is 2.12 bits per heavy atom. The van der Waals surface area contributed by atoms with Gasteiger partial charge in [-0.1, -0.05) is 0 Å². The number of nitrogens with zero attached hydrogens (tertiary/aromatic N) is 2. The van der Waals surface area contributed by atoms with Crippen LogP contribution in [0.1, 0.15) is 20.7 Å². The summed E-state index contributed by atoms with van der Waals surface area (Å²) in [7, 11) is 0. The molecule has 1 heterocycles. The van der Waals surface area contributed by atoms with Crippen LogP contribution in [-0.4, -0.2) is 62.5 Å². The summed E-state index contributed by atoms with van der Waals surface area (Å²) in [4.78, 5) is 43.0. The van der Waals surface area contributed by atoms with Crippen molar-refractivity contribution in [1.29, 1.82) is 0 Å². The van der Waals surface area contributed by atoms with Gasteiger partial charge >= 0.3 is 41.6 Å². The number of carbonyl (C=O) groups is 3. The van der Waals surface area contributed by atoms with E-state index in [0.29, 0.717) is 16.7 Å². The van der Waals surface area contributed by atoms with Crippen LogP contribution in [0.25, 0.3) is 11.0 Å². The third kappa shape index (κ3) is 4.63. The van der Waals surface area contributed by atoms with Crippen molar-refractivity contribution >= 4 is 64.2 Å². The minimum atomic E-state index is -1.06. The third-order valence-corrected chi connectivity index (χ3v) is 3.35. The molecule has 3 amide bonds. The van der Waals surface area contributed by atoms with Crippen molar-refractivity contribution in [3.63, 3.8) is 0 Å². The predicted octanol–water partition coefficient (Wildman–Crippen LogP) is 1.64. The number of nitrogens with one attached hydrogen (secondary N) is 2. The first-order valence-electron chi connectivity index (χ1n) is 7.19. The first-order valence-corrected chi connectivity index (χ1v) is 7.19. The van der Waals surface area contributed by atoms with Gasteiger partial charge < -0.3 is 10.4 Å². The molecule has 0 saturated carbocycles. The van der Waals surface area contributed by atoms with Gasteiger partial charge in [0.15, 0.2) is 0 Å². The van der Waals surface area contributed by atoms with Crippen LogP contribution in [-0.2, 0) is 0 Å². The van der Waals surface area contributed by atoms with Crippen LogP contribution in [0, 0.1) is 0 Å². The predicted molar refractivity (Wildman–Crippen MR) is 96.6 cm³/mol. The molecular formula is C17H13N4NaO4. The molecule has 3 aromatic rings. The van der Waals surface area contributed by atoms with Crippen molar-refractivity contribution in [1.82, 2.24) is 15.3 Å². The van der Waals surface area contributed by atoms with Gasteiger partial charge in [-0.15, -0.1) is 0 Å². The van der Waals surface area contributed by atoms with Gasteiger partial charge in [0.05, 0.1) is 16.6 Å². The van der Waals surface area contributed by atoms with Crippen LogP contribution in [0.5, 0.6) is 0 Å². The number of amides is 3. The Bertz CT molecular complexity index is 976. The van der Waals surface area contributed by atoms with Crippen molar-refractivity contribution < 1.29 is 19.5 Å². The molecular weight excluding hydrogens is 347 g/mol. The summed E-state index contributed by atoms with van der Waals surface area (Å²) >= 11 is 0. The van der Waals surface area contributed by atoms with Crippen LogP contribution < -0.4 is 10.6 Å². The quantitative estimate of drug-likeness (QED) is 0.611. The molecule has 0 spiro atoms. The zero-order chi connectivity index (χ0) is 17.8. The molecule has 0 unspecified atom stereocenters. The second-order valence-electron chi connectivity index (χ2n) is 5.05. The number of aromatic nitrogens is 2. The van der Waals surface area contributed by atoms with Crippen LogP contribution in [0.3, 0.4) is 0 Å². The van der Waals surface area contributed by atoms with E-state index in [-0.39, 0.29) is 40.7 Å².